The van der Waals surface area contributed by atoms with Gasteiger partial charge in [-0.15, -0.1) is 0 Å². The average molecular weight is 552 g/mol. The molecule has 1 aliphatic rings. The molecule has 1 aliphatic heterocycles. The van der Waals surface area contributed by atoms with Crippen LogP contribution in [0, 0.1) is 5.41 Å². The molecular formula is C31H45N5O4. The zero-order valence-corrected chi connectivity index (χ0v) is 24.5. The van der Waals surface area contributed by atoms with Gasteiger partial charge in [-0.2, -0.15) is 0 Å². The second-order valence-corrected chi connectivity index (χ2v) is 11.3. The molecule has 2 heterocycles. The number of rotatable bonds is 13. The van der Waals surface area contributed by atoms with Gasteiger partial charge in [-0.05, 0) is 37.3 Å². The number of imidazole rings is 1. The first kappa shape index (κ1) is 31.3. The molecule has 9 heteroatoms. The van der Waals surface area contributed by atoms with Crippen molar-refractivity contribution in [1.29, 1.82) is 0 Å². The van der Waals surface area contributed by atoms with Gasteiger partial charge in [0.05, 0.1) is 25.6 Å². The fourth-order valence-electron chi connectivity index (χ4n) is 4.43. The van der Waals surface area contributed by atoms with Crippen LogP contribution in [0.3, 0.4) is 0 Å². The van der Waals surface area contributed by atoms with Crippen molar-refractivity contribution >= 4 is 17.6 Å². The maximum atomic E-state index is 13.3. The largest absolute Gasteiger partial charge is 0.376 e. The van der Waals surface area contributed by atoms with Gasteiger partial charge < -0.3 is 25.0 Å². The molecule has 40 heavy (non-hydrogen) atoms. The van der Waals surface area contributed by atoms with E-state index < -0.39 is 29.6 Å². The topological polar surface area (TPSA) is 109 Å². The third-order valence-electron chi connectivity index (χ3n) is 6.78. The number of anilines is 1. The number of carbonyl (C=O) groups is 2. The maximum Gasteiger partial charge on any atom is 0.250 e. The van der Waals surface area contributed by atoms with Gasteiger partial charge in [0.1, 0.15) is 12.3 Å². The van der Waals surface area contributed by atoms with Crippen LogP contribution in [0.5, 0.6) is 0 Å². The van der Waals surface area contributed by atoms with Crippen LogP contribution in [0.2, 0.25) is 0 Å². The molecular weight excluding hydrogens is 506 g/mol. The quantitative estimate of drug-likeness (QED) is 0.321. The number of amides is 2. The van der Waals surface area contributed by atoms with E-state index in [0.717, 1.165) is 43.5 Å². The van der Waals surface area contributed by atoms with E-state index in [-0.39, 0.29) is 12.5 Å². The van der Waals surface area contributed by atoms with Crippen LogP contribution in [0.15, 0.2) is 66.7 Å². The SMILES string of the molecule is CC/C=C\C=C(/C)COC[C@@H](NC(=O)C(C)(C)C)C(=O)Nc1cn(C(c2ccccc2)C(O)N2CCCC2)cn1. The number of ether oxygens (including phenoxy) is 1. The summed E-state index contributed by atoms with van der Waals surface area (Å²) in [6, 6.07) is 8.48. The molecule has 0 saturated carbocycles. The Morgan fingerprint density at radius 3 is 2.52 bits per heavy atom. The van der Waals surface area contributed by atoms with Gasteiger partial charge in [0.25, 0.3) is 5.91 Å². The summed E-state index contributed by atoms with van der Waals surface area (Å²) in [5, 5.41) is 16.9. The monoisotopic (exact) mass is 551 g/mol. The third-order valence-corrected chi connectivity index (χ3v) is 6.78. The number of nitrogens with zero attached hydrogens (tertiary/aromatic N) is 3. The van der Waals surface area contributed by atoms with Gasteiger partial charge in [0.2, 0.25) is 5.91 Å². The van der Waals surface area contributed by atoms with E-state index in [0.29, 0.717) is 12.4 Å². The van der Waals surface area contributed by atoms with Gasteiger partial charge in [0.15, 0.2) is 5.82 Å². The number of aromatic nitrogens is 2. The highest BCUT2D eigenvalue weighted by Crippen LogP contribution is 2.27. The number of hydrogen-bond donors (Lipinski definition) is 3. The lowest BCUT2D eigenvalue weighted by Gasteiger charge is -2.31. The molecule has 1 aromatic carbocycles. The van der Waals surface area contributed by atoms with Crippen molar-refractivity contribution in [3.05, 3.63) is 72.2 Å². The first-order valence-corrected chi connectivity index (χ1v) is 14.1. The molecule has 3 N–H and O–H groups in total. The van der Waals surface area contributed by atoms with Crippen LogP contribution in [0.25, 0.3) is 0 Å². The van der Waals surface area contributed by atoms with Crippen molar-refractivity contribution in [1.82, 2.24) is 19.8 Å². The minimum Gasteiger partial charge on any atom is -0.376 e. The van der Waals surface area contributed by atoms with Crippen LogP contribution in [-0.2, 0) is 14.3 Å². The summed E-state index contributed by atoms with van der Waals surface area (Å²) in [6.07, 6.45) is 11.6. The summed E-state index contributed by atoms with van der Waals surface area (Å²) in [4.78, 5) is 32.5. The van der Waals surface area contributed by atoms with E-state index in [1.54, 1.807) is 33.3 Å². The fraction of sp³-hybridized carbons (Fsp3) is 0.516. The molecule has 0 spiro atoms. The van der Waals surface area contributed by atoms with E-state index in [2.05, 4.69) is 33.5 Å². The smallest absolute Gasteiger partial charge is 0.250 e. The Morgan fingerprint density at radius 2 is 1.88 bits per heavy atom. The number of likely N-dealkylation sites (tertiary alicyclic amines) is 1. The molecule has 3 atom stereocenters. The number of nitrogens with one attached hydrogen (secondary N) is 2. The first-order valence-electron chi connectivity index (χ1n) is 14.1. The molecule has 1 fully saturated rings. The number of aliphatic hydroxyl groups is 1. The van der Waals surface area contributed by atoms with E-state index in [4.69, 9.17) is 4.74 Å². The summed E-state index contributed by atoms with van der Waals surface area (Å²) < 4.78 is 7.63. The van der Waals surface area contributed by atoms with E-state index in [1.165, 1.54) is 0 Å². The number of hydrogen-bond acceptors (Lipinski definition) is 6. The summed E-state index contributed by atoms with van der Waals surface area (Å²) in [5.74, 6) is -0.347. The zero-order chi connectivity index (χ0) is 29.1. The first-order chi connectivity index (χ1) is 19.1. The van der Waals surface area contributed by atoms with Crippen LogP contribution in [-0.4, -0.2) is 69.9 Å². The molecule has 2 aromatic rings. The van der Waals surface area contributed by atoms with Crippen LogP contribution in [0.4, 0.5) is 5.82 Å². The predicted molar refractivity (Wildman–Crippen MR) is 158 cm³/mol. The number of carbonyl (C=O) groups excluding carboxylic acids is 2. The lowest BCUT2D eigenvalue weighted by Crippen LogP contribution is -2.50. The normalized spacial score (nSPS) is 17.1. The van der Waals surface area contributed by atoms with Crippen molar-refractivity contribution in [2.24, 2.45) is 5.41 Å². The molecule has 1 aromatic heterocycles. The lowest BCUT2D eigenvalue weighted by atomic mass is 9.95. The van der Waals surface area contributed by atoms with Crippen LogP contribution in [0.1, 0.15) is 65.5 Å². The highest BCUT2D eigenvalue weighted by atomic mass is 16.5. The number of allylic oxidation sites excluding steroid dienone is 3. The van der Waals surface area contributed by atoms with E-state index >= 15 is 0 Å². The van der Waals surface area contributed by atoms with Crippen LogP contribution >= 0.6 is 0 Å². The van der Waals surface area contributed by atoms with Crippen molar-refractivity contribution in [2.45, 2.75) is 72.2 Å². The molecule has 0 bridgehead atoms. The lowest BCUT2D eigenvalue weighted by molar-refractivity contribution is -0.133. The molecule has 9 nitrogen and oxygen atoms in total. The number of aliphatic hydroxyl groups excluding tert-OH is 1. The van der Waals surface area contributed by atoms with Crippen molar-refractivity contribution in [3.63, 3.8) is 0 Å². The Labute approximate surface area is 238 Å². The molecule has 0 aliphatic carbocycles. The third kappa shape index (κ3) is 9.15. The molecule has 2 amide bonds. The molecule has 218 valence electrons. The minimum absolute atomic E-state index is 0.0113. The van der Waals surface area contributed by atoms with Gasteiger partial charge in [-0.25, -0.2) is 4.98 Å². The van der Waals surface area contributed by atoms with E-state index in [9.17, 15) is 14.7 Å². The number of benzene rings is 1. The summed E-state index contributed by atoms with van der Waals surface area (Å²) in [5.41, 5.74) is 1.28. The second kappa shape index (κ2) is 14.9. The standard InChI is InChI=1S/C31H45N5O4/c1-6-7-9-14-23(2)20-40-21-25(33-30(39)31(3,4)5)28(37)34-26-19-36(22-32-26)27(24-15-10-8-11-16-24)29(38)35-17-12-13-18-35/h7-11,14-16,19,22,25,27,29,38H,6,12-13,17-18,20-21H2,1-5H3,(H,33,39)(H,34,37)/b9-7-,23-14+/t25-,27?,29?/m1/s1. The van der Waals surface area contributed by atoms with Crippen molar-refractivity contribution in [2.75, 3.05) is 31.6 Å². The summed E-state index contributed by atoms with van der Waals surface area (Å²) in [6.45, 7) is 11.4. The Hall–Kier alpha value is -3.27. The Balaban J connectivity index is 1.74. The van der Waals surface area contributed by atoms with Crippen LogP contribution < -0.4 is 10.6 Å². The highest BCUT2D eigenvalue weighted by Gasteiger charge is 2.31. The predicted octanol–water partition coefficient (Wildman–Crippen LogP) is 4.29. The summed E-state index contributed by atoms with van der Waals surface area (Å²) >= 11 is 0. The molecule has 1 saturated heterocycles. The van der Waals surface area contributed by atoms with Gasteiger partial charge >= 0.3 is 0 Å². The molecule has 2 unspecified atom stereocenters. The van der Waals surface area contributed by atoms with Crippen molar-refractivity contribution in [3.8, 4) is 0 Å². The van der Waals surface area contributed by atoms with Gasteiger partial charge in [-0.1, -0.05) is 76.3 Å². The summed E-state index contributed by atoms with van der Waals surface area (Å²) in [7, 11) is 0. The molecule has 3 rings (SSSR count). The highest BCUT2D eigenvalue weighted by molar-refractivity contribution is 5.97. The zero-order valence-electron chi connectivity index (χ0n) is 24.5. The Bertz CT molecular complexity index is 1150. The van der Waals surface area contributed by atoms with E-state index in [1.807, 2.05) is 54.0 Å². The second-order valence-electron chi connectivity index (χ2n) is 11.3. The molecule has 0 radical (unpaired) electrons. The maximum absolute atomic E-state index is 13.3. The van der Waals surface area contributed by atoms with Gasteiger partial charge in [0, 0.05) is 24.7 Å². The minimum atomic E-state index is -0.907. The van der Waals surface area contributed by atoms with Crippen molar-refractivity contribution < 1.29 is 19.4 Å². The Kier molecular flexibility index (Phi) is 11.7. The Morgan fingerprint density at radius 1 is 1.18 bits per heavy atom. The van der Waals surface area contributed by atoms with Gasteiger partial charge in [-0.3, -0.25) is 14.5 Å². The average Bonchev–Trinajstić information content (AvgIpc) is 3.61. The fourth-order valence-corrected chi connectivity index (χ4v) is 4.43.